The van der Waals surface area contributed by atoms with Crippen molar-refractivity contribution in [3.8, 4) is 0 Å². The summed E-state index contributed by atoms with van der Waals surface area (Å²) in [5.74, 6) is -6.96. The molecular formula is C14H16F3NO3. The molecule has 1 aromatic rings. The Hall–Kier alpha value is -2.05. The predicted molar refractivity (Wildman–Crippen MR) is 69.3 cm³/mol. The first-order valence-corrected chi connectivity index (χ1v) is 6.11. The van der Waals surface area contributed by atoms with E-state index in [9.17, 15) is 22.8 Å². The zero-order chi connectivity index (χ0) is 16.6. The lowest BCUT2D eigenvalue weighted by Crippen LogP contribution is -2.57. The Morgan fingerprint density at radius 2 is 1.57 bits per heavy atom. The van der Waals surface area contributed by atoms with E-state index in [2.05, 4.69) is 5.32 Å². The minimum atomic E-state index is -1.75. The number of carboxylic acids is 1. The number of carbonyl (C=O) groups is 2. The van der Waals surface area contributed by atoms with Crippen molar-refractivity contribution in [1.29, 1.82) is 0 Å². The van der Waals surface area contributed by atoms with Crippen LogP contribution in [0.1, 0.15) is 38.1 Å². The molecular weight excluding hydrogens is 287 g/mol. The first kappa shape index (κ1) is 17.0. The van der Waals surface area contributed by atoms with Crippen molar-refractivity contribution in [1.82, 2.24) is 5.32 Å². The summed E-state index contributed by atoms with van der Waals surface area (Å²) in [6.07, 6.45) is 0. The maximum absolute atomic E-state index is 13.6. The van der Waals surface area contributed by atoms with Gasteiger partial charge in [-0.15, -0.1) is 0 Å². The van der Waals surface area contributed by atoms with E-state index in [-0.39, 0.29) is 0 Å². The van der Waals surface area contributed by atoms with Gasteiger partial charge in [0.05, 0.1) is 16.5 Å². The van der Waals surface area contributed by atoms with Crippen LogP contribution in [0, 0.1) is 22.9 Å². The summed E-state index contributed by atoms with van der Waals surface area (Å²) >= 11 is 0. The lowest BCUT2D eigenvalue weighted by molar-refractivity contribution is -0.150. The summed E-state index contributed by atoms with van der Waals surface area (Å²) in [7, 11) is 0. The highest BCUT2D eigenvalue weighted by atomic mass is 19.2. The fraction of sp³-hybridized carbons (Fsp3) is 0.429. The number of carbonyl (C=O) groups excluding carboxylic acids is 1. The maximum atomic E-state index is 13.6. The van der Waals surface area contributed by atoms with Crippen molar-refractivity contribution in [2.75, 3.05) is 0 Å². The molecule has 0 saturated carbocycles. The Kier molecular flexibility index (Phi) is 4.36. The lowest BCUT2D eigenvalue weighted by Gasteiger charge is -2.38. The molecule has 0 aliphatic carbocycles. The summed E-state index contributed by atoms with van der Waals surface area (Å²) in [4.78, 5) is 23.2. The van der Waals surface area contributed by atoms with Gasteiger partial charge in [-0.3, -0.25) is 9.59 Å². The summed E-state index contributed by atoms with van der Waals surface area (Å²) in [5.41, 5.74) is -3.31. The largest absolute Gasteiger partial charge is 0.481 e. The Bertz CT molecular complexity index is 597. The topological polar surface area (TPSA) is 66.4 Å². The van der Waals surface area contributed by atoms with Crippen molar-refractivity contribution in [3.05, 3.63) is 35.1 Å². The second kappa shape index (κ2) is 5.38. The third kappa shape index (κ3) is 3.01. The molecule has 0 aromatic heterocycles. The molecule has 2 N–H and O–H groups in total. The van der Waals surface area contributed by atoms with Crippen LogP contribution in [0.4, 0.5) is 13.2 Å². The Morgan fingerprint density at radius 3 is 2.05 bits per heavy atom. The molecule has 0 fully saturated rings. The van der Waals surface area contributed by atoms with Crippen molar-refractivity contribution in [2.24, 2.45) is 5.41 Å². The molecule has 0 bridgehead atoms. The molecule has 0 heterocycles. The highest BCUT2D eigenvalue weighted by molar-refractivity contribution is 5.95. The highest BCUT2D eigenvalue weighted by Gasteiger charge is 2.44. The van der Waals surface area contributed by atoms with E-state index in [1.54, 1.807) is 0 Å². The SMILES string of the molecule is CC(C)(NC(=O)c1ccc(F)c(F)c1F)C(C)(C)C(=O)O. The smallest absolute Gasteiger partial charge is 0.311 e. The van der Waals surface area contributed by atoms with Crippen LogP contribution >= 0.6 is 0 Å². The lowest BCUT2D eigenvalue weighted by atomic mass is 9.74. The molecule has 116 valence electrons. The number of nitrogens with one attached hydrogen (secondary N) is 1. The van der Waals surface area contributed by atoms with Gasteiger partial charge >= 0.3 is 5.97 Å². The highest BCUT2D eigenvalue weighted by Crippen LogP contribution is 2.31. The third-order valence-corrected chi connectivity index (χ3v) is 3.80. The fourth-order valence-corrected chi connectivity index (χ4v) is 1.48. The molecule has 0 atom stereocenters. The first-order valence-electron chi connectivity index (χ1n) is 6.11. The number of carboxylic acid groups (broad SMARTS) is 1. The predicted octanol–water partition coefficient (Wildman–Crippen LogP) is 2.72. The molecule has 0 aliphatic heterocycles. The molecule has 21 heavy (non-hydrogen) atoms. The van der Waals surface area contributed by atoms with E-state index >= 15 is 0 Å². The number of amides is 1. The van der Waals surface area contributed by atoms with Gasteiger partial charge in [0, 0.05) is 0 Å². The second-order valence-electron chi connectivity index (χ2n) is 5.73. The Morgan fingerprint density at radius 1 is 1.05 bits per heavy atom. The molecule has 1 aromatic carbocycles. The van der Waals surface area contributed by atoms with Gasteiger partial charge in [0.2, 0.25) is 0 Å². The van der Waals surface area contributed by atoms with Crippen LogP contribution in [0.5, 0.6) is 0 Å². The Labute approximate surface area is 120 Å². The molecule has 0 spiro atoms. The normalized spacial score (nSPS) is 12.1. The van der Waals surface area contributed by atoms with Gasteiger partial charge < -0.3 is 10.4 Å². The van der Waals surface area contributed by atoms with Gasteiger partial charge in [0.1, 0.15) is 0 Å². The monoisotopic (exact) mass is 303 g/mol. The maximum Gasteiger partial charge on any atom is 0.311 e. The van der Waals surface area contributed by atoms with E-state index in [4.69, 9.17) is 5.11 Å². The van der Waals surface area contributed by atoms with Gasteiger partial charge in [-0.05, 0) is 39.8 Å². The van der Waals surface area contributed by atoms with E-state index in [1.807, 2.05) is 0 Å². The van der Waals surface area contributed by atoms with Crippen LogP contribution in [0.15, 0.2) is 12.1 Å². The second-order valence-corrected chi connectivity index (χ2v) is 5.73. The molecule has 7 heteroatoms. The van der Waals surface area contributed by atoms with Crippen molar-refractivity contribution in [3.63, 3.8) is 0 Å². The molecule has 1 rings (SSSR count). The average molecular weight is 303 g/mol. The number of halogens is 3. The van der Waals surface area contributed by atoms with Crippen molar-refractivity contribution >= 4 is 11.9 Å². The van der Waals surface area contributed by atoms with Gasteiger partial charge in [-0.25, -0.2) is 13.2 Å². The third-order valence-electron chi connectivity index (χ3n) is 3.80. The van der Waals surface area contributed by atoms with Crippen LogP contribution in [0.25, 0.3) is 0 Å². The molecule has 0 radical (unpaired) electrons. The van der Waals surface area contributed by atoms with Crippen molar-refractivity contribution in [2.45, 2.75) is 33.2 Å². The molecule has 0 unspecified atom stereocenters. The van der Waals surface area contributed by atoms with E-state index in [1.165, 1.54) is 27.7 Å². The van der Waals surface area contributed by atoms with Crippen LogP contribution in [-0.2, 0) is 4.79 Å². The minimum Gasteiger partial charge on any atom is -0.481 e. The van der Waals surface area contributed by atoms with E-state index in [0.29, 0.717) is 6.07 Å². The van der Waals surface area contributed by atoms with Gasteiger partial charge in [0.15, 0.2) is 17.5 Å². The van der Waals surface area contributed by atoms with Crippen LogP contribution in [-0.4, -0.2) is 22.5 Å². The van der Waals surface area contributed by atoms with Gasteiger partial charge in [0.25, 0.3) is 5.91 Å². The van der Waals surface area contributed by atoms with Crippen LogP contribution in [0.2, 0.25) is 0 Å². The fourth-order valence-electron chi connectivity index (χ4n) is 1.48. The van der Waals surface area contributed by atoms with E-state index in [0.717, 1.165) is 6.07 Å². The quantitative estimate of drug-likeness (QED) is 0.841. The minimum absolute atomic E-state index is 0.628. The summed E-state index contributed by atoms with van der Waals surface area (Å²) in [5, 5.41) is 11.5. The molecule has 0 aliphatic rings. The van der Waals surface area contributed by atoms with Gasteiger partial charge in [-0.2, -0.15) is 0 Å². The van der Waals surface area contributed by atoms with Crippen LogP contribution < -0.4 is 5.32 Å². The summed E-state index contributed by atoms with van der Waals surface area (Å²) in [6, 6.07) is 1.43. The van der Waals surface area contributed by atoms with Crippen molar-refractivity contribution < 1.29 is 27.9 Å². The molecule has 0 saturated heterocycles. The number of aliphatic carboxylic acids is 1. The first-order chi connectivity index (χ1) is 9.41. The standard InChI is InChI=1S/C14H16F3NO3/c1-13(2,12(20)21)14(3,4)18-11(19)7-5-6-8(15)10(17)9(7)16/h5-6H,1-4H3,(H,18,19)(H,20,21). The van der Waals surface area contributed by atoms with Gasteiger partial charge in [-0.1, -0.05) is 0 Å². The number of hydrogen-bond acceptors (Lipinski definition) is 2. The average Bonchev–Trinajstić information content (AvgIpc) is 2.34. The zero-order valence-corrected chi connectivity index (χ0v) is 12.1. The zero-order valence-electron chi connectivity index (χ0n) is 12.1. The molecule has 1 amide bonds. The summed E-state index contributed by atoms with van der Waals surface area (Å²) in [6.45, 7) is 5.65. The number of hydrogen-bond donors (Lipinski definition) is 2. The van der Waals surface area contributed by atoms with Crippen LogP contribution in [0.3, 0.4) is 0 Å². The van der Waals surface area contributed by atoms with E-state index < -0.39 is 45.8 Å². The molecule has 4 nitrogen and oxygen atoms in total. The number of rotatable bonds is 4. The Balaban J connectivity index is 3.12. The summed E-state index contributed by atoms with van der Waals surface area (Å²) < 4.78 is 39.5. The number of benzene rings is 1.